The van der Waals surface area contributed by atoms with Crippen molar-refractivity contribution in [2.24, 2.45) is 0 Å². The van der Waals surface area contributed by atoms with Gasteiger partial charge in [-0.2, -0.15) is 0 Å². The summed E-state index contributed by atoms with van der Waals surface area (Å²) in [4.78, 5) is 0. The van der Waals surface area contributed by atoms with Crippen LogP contribution in [0.1, 0.15) is 0 Å². The van der Waals surface area contributed by atoms with Gasteiger partial charge in [0.25, 0.3) is 0 Å². The molecule has 0 aliphatic rings. The second-order valence-electron chi connectivity index (χ2n) is 0. The number of hydrogen-bond donors (Lipinski definition) is 0. The minimum absolute atomic E-state index is 0. The van der Waals surface area contributed by atoms with Crippen LogP contribution in [-0.2, 0) is 16.8 Å². The van der Waals surface area contributed by atoms with Gasteiger partial charge in [-0.3, -0.25) is 0 Å². The molecular formula is H10CoO5+3. The van der Waals surface area contributed by atoms with Crippen LogP contribution >= 0.6 is 0 Å². The second-order valence-corrected chi connectivity index (χ2v) is 0. The maximum atomic E-state index is 0. The third kappa shape index (κ3) is 501. The fraction of sp³-hybridized carbons (Fsp3) is 0. The number of rotatable bonds is 0. The van der Waals surface area contributed by atoms with E-state index < -0.39 is 0 Å². The van der Waals surface area contributed by atoms with E-state index in [4.69, 9.17) is 0 Å². The molecule has 6 heavy (non-hydrogen) atoms. The van der Waals surface area contributed by atoms with E-state index in [1.165, 1.54) is 0 Å². The minimum atomic E-state index is 0. The van der Waals surface area contributed by atoms with Crippen LogP contribution in [0.5, 0.6) is 0 Å². The van der Waals surface area contributed by atoms with E-state index in [1.54, 1.807) is 0 Å². The van der Waals surface area contributed by atoms with E-state index in [1.807, 2.05) is 0 Å². The first-order valence-corrected chi connectivity index (χ1v) is 0. The quantitative estimate of drug-likeness (QED) is 0.327. The molecule has 46 valence electrons. The van der Waals surface area contributed by atoms with Crippen molar-refractivity contribution >= 4 is 0 Å². The minimum Gasteiger partial charge on any atom is -0.412 e. The van der Waals surface area contributed by atoms with Crippen molar-refractivity contribution < 1.29 is 44.2 Å². The molecule has 0 bridgehead atoms. The van der Waals surface area contributed by atoms with Gasteiger partial charge in [0.15, 0.2) is 0 Å². The standard InChI is InChI=1S/Co.5H2O/h;5*1H2/q+3;;;;;. The molecule has 0 aromatic heterocycles. The van der Waals surface area contributed by atoms with Gasteiger partial charge < -0.3 is 27.4 Å². The molecule has 6 heteroatoms. The summed E-state index contributed by atoms with van der Waals surface area (Å²) >= 11 is 0. The third-order valence-electron chi connectivity index (χ3n) is 0. The average molecular weight is 149 g/mol. The molecule has 0 atom stereocenters. The molecule has 0 aromatic rings. The van der Waals surface area contributed by atoms with Gasteiger partial charge >= 0.3 is 16.8 Å². The molecule has 5 nitrogen and oxygen atoms in total. The van der Waals surface area contributed by atoms with Crippen molar-refractivity contribution in [2.75, 3.05) is 0 Å². The smallest absolute Gasteiger partial charge is 0.412 e. The van der Waals surface area contributed by atoms with Crippen molar-refractivity contribution in [1.82, 2.24) is 0 Å². The van der Waals surface area contributed by atoms with Crippen LogP contribution < -0.4 is 0 Å². The Labute approximate surface area is 45.1 Å². The van der Waals surface area contributed by atoms with Crippen molar-refractivity contribution in [3.8, 4) is 0 Å². The summed E-state index contributed by atoms with van der Waals surface area (Å²) < 4.78 is 0. The fourth-order valence-corrected chi connectivity index (χ4v) is 0. The first-order valence-electron chi connectivity index (χ1n) is 0. The molecule has 0 amide bonds. The molecule has 0 rings (SSSR count). The van der Waals surface area contributed by atoms with E-state index in [-0.39, 0.29) is 44.2 Å². The summed E-state index contributed by atoms with van der Waals surface area (Å²) in [6.07, 6.45) is 0. The van der Waals surface area contributed by atoms with E-state index in [0.717, 1.165) is 0 Å². The van der Waals surface area contributed by atoms with Gasteiger partial charge in [0, 0.05) is 0 Å². The summed E-state index contributed by atoms with van der Waals surface area (Å²) in [5, 5.41) is 0. The second kappa shape index (κ2) is 1050. The fourth-order valence-electron chi connectivity index (χ4n) is 0. The van der Waals surface area contributed by atoms with Crippen LogP contribution in [-0.4, -0.2) is 27.4 Å². The predicted molar refractivity (Wildman–Crippen MR) is 18.1 cm³/mol. The van der Waals surface area contributed by atoms with E-state index in [9.17, 15) is 0 Å². The van der Waals surface area contributed by atoms with E-state index in [2.05, 4.69) is 0 Å². The van der Waals surface area contributed by atoms with Crippen molar-refractivity contribution in [3.63, 3.8) is 0 Å². The van der Waals surface area contributed by atoms with Crippen molar-refractivity contribution in [3.05, 3.63) is 0 Å². The van der Waals surface area contributed by atoms with Gasteiger partial charge in [0.05, 0.1) is 0 Å². The van der Waals surface area contributed by atoms with Gasteiger partial charge in [-0.25, -0.2) is 0 Å². The zero-order chi connectivity index (χ0) is 0. The van der Waals surface area contributed by atoms with Crippen LogP contribution in [0.2, 0.25) is 0 Å². The molecule has 0 aromatic carbocycles. The Morgan fingerprint density at radius 2 is 0.333 bits per heavy atom. The summed E-state index contributed by atoms with van der Waals surface area (Å²) in [6.45, 7) is 0. The Balaban J connectivity index is 0. The zero-order valence-corrected chi connectivity index (χ0v) is 3.87. The van der Waals surface area contributed by atoms with Gasteiger partial charge in [-0.15, -0.1) is 0 Å². The molecule has 0 unspecified atom stereocenters. The Hall–Kier alpha value is 0.306. The van der Waals surface area contributed by atoms with E-state index in [0.29, 0.717) is 0 Å². The molecule has 0 radical (unpaired) electrons. The molecule has 0 aliphatic carbocycles. The third-order valence-corrected chi connectivity index (χ3v) is 0. The van der Waals surface area contributed by atoms with Gasteiger partial charge in [0.1, 0.15) is 0 Å². The maximum absolute atomic E-state index is 0. The van der Waals surface area contributed by atoms with Gasteiger partial charge in [-0.05, 0) is 0 Å². The monoisotopic (exact) mass is 149 g/mol. The summed E-state index contributed by atoms with van der Waals surface area (Å²) in [6, 6.07) is 0. The van der Waals surface area contributed by atoms with Crippen LogP contribution in [0.3, 0.4) is 0 Å². The molecule has 0 saturated carbocycles. The topological polar surface area (TPSA) is 158 Å². The molecule has 10 N–H and O–H groups in total. The summed E-state index contributed by atoms with van der Waals surface area (Å²) in [7, 11) is 0. The normalized spacial score (nSPS) is 0. The van der Waals surface area contributed by atoms with Crippen LogP contribution in [0, 0.1) is 0 Å². The molecule has 0 fully saturated rings. The predicted octanol–water partition coefficient (Wildman–Crippen LogP) is -4.13. The maximum Gasteiger partial charge on any atom is 3.00 e. The number of hydrogen-bond acceptors (Lipinski definition) is 0. The average Bonchev–Trinajstić information content (AvgIpc) is 0. The Morgan fingerprint density at radius 1 is 0.333 bits per heavy atom. The molecule has 0 aliphatic heterocycles. The first-order chi connectivity index (χ1) is 0. The van der Waals surface area contributed by atoms with Gasteiger partial charge in [-0.1, -0.05) is 0 Å². The van der Waals surface area contributed by atoms with Crippen LogP contribution in [0.15, 0.2) is 0 Å². The van der Waals surface area contributed by atoms with Crippen LogP contribution in [0.25, 0.3) is 0 Å². The van der Waals surface area contributed by atoms with Crippen molar-refractivity contribution in [1.29, 1.82) is 0 Å². The molecular weight excluding hydrogens is 139 g/mol. The van der Waals surface area contributed by atoms with E-state index >= 15 is 0 Å². The Bertz CT molecular complexity index is 3.90. The Kier molecular flexibility index (Phi) is 330000. The summed E-state index contributed by atoms with van der Waals surface area (Å²) in [5.74, 6) is 0. The molecule has 0 saturated heterocycles. The molecule has 0 heterocycles. The Morgan fingerprint density at radius 3 is 0.333 bits per heavy atom. The first kappa shape index (κ1) is 1890. The van der Waals surface area contributed by atoms with Gasteiger partial charge in [0.2, 0.25) is 0 Å². The largest absolute Gasteiger partial charge is 3.00 e. The zero-order valence-electron chi connectivity index (χ0n) is 2.83. The molecule has 0 spiro atoms. The van der Waals surface area contributed by atoms with Crippen LogP contribution in [0.4, 0.5) is 0 Å². The van der Waals surface area contributed by atoms with Crippen molar-refractivity contribution in [2.45, 2.75) is 0 Å². The SMILES string of the molecule is O.O.O.O.O.[Co+3]. The summed E-state index contributed by atoms with van der Waals surface area (Å²) in [5.41, 5.74) is 0.